The Bertz CT molecular complexity index is 640. The summed E-state index contributed by atoms with van der Waals surface area (Å²) < 4.78 is 32.5. The number of halogens is 1. The Labute approximate surface area is 204 Å². The Kier molecular flexibility index (Phi) is 18.4. The van der Waals surface area contributed by atoms with Crippen molar-refractivity contribution in [2.45, 2.75) is 103 Å². The van der Waals surface area contributed by atoms with E-state index >= 15 is 0 Å². The van der Waals surface area contributed by atoms with Crippen molar-refractivity contribution in [2.24, 2.45) is 0 Å². The summed E-state index contributed by atoms with van der Waals surface area (Å²) in [7, 11) is -4.27. The molecule has 0 aliphatic heterocycles. The second-order valence-electron chi connectivity index (χ2n) is 9.02. The molecular weight excluding hydrogens is 442 g/mol. The second-order valence-corrected chi connectivity index (χ2v) is 10.8. The third-order valence-electron chi connectivity index (χ3n) is 6.03. The Morgan fingerprint density at radius 3 is 1.56 bits per heavy atom. The van der Waals surface area contributed by atoms with Gasteiger partial charge >= 0.3 is 0 Å². The van der Waals surface area contributed by atoms with Gasteiger partial charge in [-0.15, -0.1) is 11.6 Å². The quantitative estimate of drug-likeness (QED) is 0.0998. The van der Waals surface area contributed by atoms with E-state index in [0.29, 0.717) is 0 Å². The van der Waals surface area contributed by atoms with Gasteiger partial charge in [-0.2, -0.15) is 0 Å². The summed E-state index contributed by atoms with van der Waals surface area (Å²) in [5.74, 6) is 0.829. The van der Waals surface area contributed by atoms with E-state index in [2.05, 4.69) is 20.8 Å². The Hall–Kier alpha value is -0.620. The number of rotatable bonds is 17. The van der Waals surface area contributed by atoms with Gasteiger partial charge in [0.05, 0.1) is 31.1 Å². The van der Waals surface area contributed by atoms with E-state index in [9.17, 15) is 13.0 Å². The number of nitrogens with zero attached hydrogens (tertiary/aromatic N) is 1. The summed E-state index contributed by atoms with van der Waals surface area (Å²) in [6.07, 6.45) is 15.0. The first-order valence-corrected chi connectivity index (χ1v) is 14.6. The van der Waals surface area contributed by atoms with Gasteiger partial charge in [0.25, 0.3) is 0 Å². The van der Waals surface area contributed by atoms with Crippen LogP contribution in [0.15, 0.2) is 29.2 Å². The molecule has 0 saturated carbocycles. The van der Waals surface area contributed by atoms with Gasteiger partial charge < -0.3 is 9.04 Å². The lowest BCUT2D eigenvalue weighted by Crippen LogP contribution is -2.51. The maximum absolute atomic E-state index is 10.4. The van der Waals surface area contributed by atoms with Crippen molar-refractivity contribution < 1.29 is 17.5 Å². The standard InChI is InChI=1S/C19H41ClN.C7H8O3S/c1-4-7-10-12-17-21(16-9-6-3,19-14-15-20)18-13-11-8-5-2;1-6-2-4-7(5-3-6)11(8,9)10/h4-19H2,1-3H3;2-5H,1H3,(H,8,9,10)/q+1;/p-1. The minimum Gasteiger partial charge on any atom is -0.744 e. The molecule has 6 heteroatoms. The largest absolute Gasteiger partial charge is 0.744 e. The fourth-order valence-electron chi connectivity index (χ4n) is 4.01. The summed E-state index contributed by atoms with van der Waals surface area (Å²) in [4.78, 5) is -0.178. The van der Waals surface area contributed by atoms with E-state index in [1.807, 2.05) is 6.92 Å². The number of hydrogen-bond acceptors (Lipinski definition) is 3. The van der Waals surface area contributed by atoms with Crippen molar-refractivity contribution in [3.63, 3.8) is 0 Å². The molecule has 1 aromatic rings. The molecule has 0 bridgehead atoms. The van der Waals surface area contributed by atoms with Gasteiger partial charge in [-0.1, -0.05) is 70.6 Å². The van der Waals surface area contributed by atoms with Gasteiger partial charge in [-0.3, -0.25) is 0 Å². The zero-order valence-corrected chi connectivity index (χ0v) is 22.7. The monoisotopic (exact) mass is 489 g/mol. The van der Waals surface area contributed by atoms with Crippen molar-refractivity contribution >= 4 is 21.7 Å². The highest BCUT2D eigenvalue weighted by Crippen LogP contribution is 2.18. The molecule has 0 aliphatic rings. The van der Waals surface area contributed by atoms with E-state index < -0.39 is 10.1 Å². The van der Waals surface area contributed by atoms with E-state index in [4.69, 9.17) is 11.6 Å². The van der Waals surface area contributed by atoms with Crippen molar-refractivity contribution in [1.29, 1.82) is 0 Å². The third kappa shape index (κ3) is 15.3. The van der Waals surface area contributed by atoms with Crippen molar-refractivity contribution in [3.8, 4) is 0 Å². The molecule has 0 unspecified atom stereocenters. The summed E-state index contributed by atoms with van der Waals surface area (Å²) in [5.41, 5.74) is 0.928. The molecule has 188 valence electrons. The number of aryl methyl sites for hydroxylation is 1. The van der Waals surface area contributed by atoms with E-state index in [0.717, 1.165) is 11.4 Å². The van der Waals surface area contributed by atoms with Gasteiger partial charge in [0.1, 0.15) is 10.1 Å². The average Bonchev–Trinajstić information content (AvgIpc) is 2.76. The lowest BCUT2D eigenvalue weighted by Gasteiger charge is -2.39. The van der Waals surface area contributed by atoms with Crippen molar-refractivity contribution in [3.05, 3.63) is 29.8 Å². The molecule has 1 rings (SSSR count). The van der Waals surface area contributed by atoms with Crippen LogP contribution in [0.3, 0.4) is 0 Å². The summed E-state index contributed by atoms with van der Waals surface area (Å²) in [5, 5.41) is 0. The zero-order chi connectivity index (χ0) is 24.3. The minimum atomic E-state index is -4.27. The highest BCUT2D eigenvalue weighted by Gasteiger charge is 2.25. The normalized spacial score (nSPS) is 11.8. The van der Waals surface area contributed by atoms with Crippen LogP contribution in [0.2, 0.25) is 0 Å². The van der Waals surface area contributed by atoms with Crippen LogP contribution in [0.4, 0.5) is 0 Å². The van der Waals surface area contributed by atoms with Gasteiger partial charge in [0.15, 0.2) is 0 Å². The summed E-state index contributed by atoms with van der Waals surface area (Å²) >= 11 is 6.00. The fourth-order valence-corrected chi connectivity index (χ4v) is 4.60. The predicted octanol–water partition coefficient (Wildman–Crippen LogP) is 7.29. The molecule has 4 nitrogen and oxygen atoms in total. The molecule has 0 heterocycles. The molecule has 0 fully saturated rings. The van der Waals surface area contributed by atoms with Crippen LogP contribution in [0.1, 0.15) is 97.0 Å². The zero-order valence-electron chi connectivity index (χ0n) is 21.1. The molecule has 0 aromatic heterocycles. The highest BCUT2D eigenvalue weighted by atomic mass is 35.5. The van der Waals surface area contributed by atoms with E-state index in [-0.39, 0.29) is 4.90 Å². The molecule has 0 radical (unpaired) electrons. The number of alkyl halides is 1. The number of hydrogen-bond donors (Lipinski definition) is 0. The SMILES string of the molecule is CCCCCC[N+](CCCC)(CCCCl)CCCCCC.Cc1ccc(S(=O)(=O)[O-])cc1. The molecule has 32 heavy (non-hydrogen) atoms. The van der Waals surface area contributed by atoms with Gasteiger partial charge in [-0.25, -0.2) is 8.42 Å². The second kappa shape index (κ2) is 18.8. The molecule has 0 N–H and O–H groups in total. The molecule has 0 atom stereocenters. The first-order chi connectivity index (χ1) is 15.2. The molecule has 0 saturated heterocycles. The summed E-state index contributed by atoms with van der Waals surface area (Å²) in [6, 6.07) is 5.78. The summed E-state index contributed by atoms with van der Waals surface area (Å²) in [6.45, 7) is 14.2. The molecule has 0 aliphatic carbocycles. The maximum Gasteiger partial charge on any atom is 0.124 e. The van der Waals surface area contributed by atoms with Crippen LogP contribution < -0.4 is 0 Å². The number of quaternary nitrogens is 1. The van der Waals surface area contributed by atoms with Crippen molar-refractivity contribution in [2.75, 3.05) is 32.1 Å². The molecule has 0 amide bonds. The average molecular weight is 490 g/mol. The minimum absolute atomic E-state index is 0.178. The van der Waals surface area contributed by atoms with Gasteiger partial charge in [0, 0.05) is 12.3 Å². The van der Waals surface area contributed by atoms with Crippen LogP contribution >= 0.6 is 11.6 Å². The lowest BCUT2D eigenvalue weighted by atomic mass is 10.1. The predicted molar refractivity (Wildman–Crippen MR) is 137 cm³/mol. The lowest BCUT2D eigenvalue weighted by molar-refractivity contribution is -0.928. The van der Waals surface area contributed by atoms with E-state index in [1.54, 1.807) is 12.1 Å². The van der Waals surface area contributed by atoms with Crippen molar-refractivity contribution in [1.82, 2.24) is 0 Å². The first-order valence-electron chi connectivity index (χ1n) is 12.7. The van der Waals surface area contributed by atoms with Crippen LogP contribution in [0, 0.1) is 6.92 Å². The topological polar surface area (TPSA) is 57.2 Å². The highest BCUT2D eigenvalue weighted by molar-refractivity contribution is 7.85. The first kappa shape index (κ1) is 31.4. The smallest absolute Gasteiger partial charge is 0.124 e. The van der Waals surface area contributed by atoms with Crippen LogP contribution in [-0.2, 0) is 10.1 Å². The maximum atomic E-state index is 10.4. The van der Waals surface area contributed by atoms with Crippen LogP contribution in [0.25, 0.3) is 0 Å². The number of unbranched alkanes of at least 4 members (excludes halogenated alkanes) is 7. The molecule has 1 aromatic carbocycles. The third-order valence-corrected chi connectivity index (χ3v) is 7.15. The fraction of sp³-hybridized carbons (Fsp3) is 0.769. The number of benzene rings is 1. The Morgan fingerprint density at radius 1 is 0.719 bits per heavy atom. The van der Waals surface area contributed by atoms with Crippen LogP contribution in [0.5, 0.6) is 0 Å². The van der Waals surface area contributed by atoms with Gasteiger partial charge in [-0.05, 0) is 51.2 Å². The van der Waals surface area contributed by atoms with Crippen LogP contribution in [-0.4, -0.2) is 49.5 Å². The molecule has 0 spiro atoms. The van der Waals surface area contributed by atoms with E-state index in [1.165, 1.54) is 113 Å². The van der Waals surface area contributed by atoms with Gasteiger partial charge in [0.2, 0.25) is 0 Å². The Balaban J connectivity index is 0.000000726. The Morgan fingerprint density at radius 2 is 1.16 bits per heavy atom. The molecular formula is C26H48ClNO3S.